The maximum Gasteiger partial charge on any atom is 0.387 e. The first-order chi connectivity index (χ1) is 13.1. The maximum absolute atomic E-state index is 12.4. The molecule has 4 nitrogen and oxygen atoms in total. The Hall–Kier alpha value is -3.06. The lowest BCUT2D eigenvalue weighted by atomic mass is 10.1. The molecule has 138 valence electrons. The molecule has 2 aromatic carbocycles. The number of carbonyl (C=O) groups is 1. The second kappa shape index (κ2) is 9.05. The number of halogens is 2. The molecule has 0 spiro atoms. The van der Waals surface area contributed by atoms with Crippen LogP contribution in [-0.4, -0.2) is 17.5 Å². The van der Waals surface area contributed by atoms with E-state index in [1.807, 2.05) is 30.3 Å². The Morgan fingerprint density at radius 3 is 2.67 bits per heavy atom. The number of rotatable bonds is 7. The monoisotopic (exact) mass is 386 g/mol. The maximum atomic E-state index is 12.4. The van der Waals surface area contributed by atoms with Gasteiger partial charge in [0.05, 0.1) is 0 Å². The molecule has 0 saturated heterocycles. The lowest BCUT2D eigenvalue weighted by molar-refractivity contribution is -0.111. The standard InChI is InChI=1S/C20H16F2N2O2S/c21-19(22)26-17-9-5-4-8-15(17)10-11-18(25)24-20-23-13-16(27-20)12-14-6-2-1-3-7-14/h1-11,13,19H,12H2,(H,23,24,25)/b11-10+. The van der Waals surface area contributed by atoms with Gasteiger partial charge in [-0.15, -0.1) is 11.3 Å². The van der Waals surface area contributed by atoms with E-state index >= 15 is 0 Å². The van der Waals surface area contributed by atoms with Crippen LogP contribution in [0.5, 0.6) is 5.75 Å². The van der Waals surface area contributed by atoms with Crippen molar-refractivity contribution in [3.8, 4) is 5.75 Å². The van der Waals surface area contributed by atoms with E-state index in [0.29, 0.717) is 10.7 Å². The molecule has 27 heavy (non-hydrogen) atoms. The average molecular weight is 386 g/mol. The third kappa shape index (κ3) is 5.72. The number of nitrogens with one attached hydrogen (secondary N) is 1. The van der Waals surface area contributed by atoms with E-state index in [1.54, 1.807) is 24.4 Å². The fraction of sp³-hybridized carbons (Fsp3) is 0.100. The Kier molecular flexibility index (Phi) is 6.27. The van der Waals surface area contributed by atoms with E-state index in [2.05, 4.69) is 15.0 Å². The highest BCUT2D eigenvalue weighted by atomic mass is 32.1. The SMILES string of the molecule is O=C(/C=C/c1ccccc1OC(F)F)Nc1ncc(Cc2ccccc2)s1. The molecule has 3 aromatic rings. The predicted octanol–water partition coefficient (Wildman–Crippen LogP) is 4.99. The summed E-state index contributed by atoms with van der Waals surface area (Å²) in [6.07, 6.45) is 5.14. The van der Waals surface area contributed by atoms with Crippen LogP contribution in [0.3, 0.4) is 0 Å². The fourth-order valence-electron chi connectivity index (χ4n) is 2.38. The first-order valence-electron chi connectivity index (χ1n) is 8.11. The Morgan fingerprint density at radius 2 is 1.89 bits per heavy atom. The van der Waals surface area contributed by atoms with Crippen molar-refractivity contribution in [2.24, 2.45) is 0 Å². The lowest BCUT2D eigenvalue weighted by Gasteiger charge is -2.07. The number of thiazole rings is 1. The van der Waals surface area contributed by atoms with Crippen LogP contribution in [0, 0.1) is 0 Å². The normalized spacial score (nSPS) is 11.1. The molecule has 0 radical (unpaired) electrons. The molecular formula is C20H16F2N2O2S. The summed E-state index contributed by atoms with van der Waals surface area (Å²) in [5.74, 6) is -0.390. The van der Waals surface area contributed by atoms with Gasteiger partial charge in [0.1, 0.15) is 5.75 Å². The van der Waals surface area contributed by atoms with Gasteiger partial charge in [-0.1, -0.05) is 48.5 Å². The zero-order valence-corrected chi connectivity index (χ0v) is 15.0. The number of nitrogens with zero attached hydrogens (tertiary/aromatic N) is 1. The number of hydrogen-bond acceptors (Lipinski definition) is 4. The zero-order valence-electron chi connectivity index (χ0n) is 14.1. The molecule has 0 atom stereocenters. The van der Waals surface area contributed by atoms with Crippen LogP contribution >= 0.6 is 11.3 Å². The number of anilines is 1. The van der Waals surface area contributed by atoms with E-state index in [-0.39, 0.29) is 5.75 Å². The second-order valence-electron chi connectivity index (χ2n) is 5.53. The Bertz CT molecular complexity index is 926. The van der Waals surface area contributed by atoms with Gasteiger partial charge in [-0.05, 0) is 17.7 Å². The van der Waals surface area contributed by atoms with Crippen molar-refractivity contribution in [2.75, 3.05) is 5.32 Å². The van der Waals surface area contributed by atoms with Gasteiger partial charge < -0.3 is 4.74 Å². The minimum Gasteiger partial charge on any atom is -0.434 e. The van der Waals surface area contributed by atoms with Crippen molar-refractivity contribution in [3.05, 3.63) is 82.9 Å². The van der Waals surface area contributed by atoms with Gasteiger partial charge in [-0.2, -0.15) is 8.78 Å². The van der Waals surface area contributed by atoms with Crippen molar-refractivity contribution in [1.82, 2.24) is 4.98 Å². The number of alkyl halides is 2. The van der Waals surface area contributed by atoms with Crippen molar-refractivity contribution >= 4 is 28.5 Å². The third-order valence-corrected chi connectivity index (χ3v) is 4.47. The summed E-state index contributed by atoms with van der Waals surface area (Å²) in [4.78, 5) is 17.3. The van der Waals surface area contributed by atoms with Crippen LogP contribution in [0.15, 0.2) is 66.9 Å². The molecule has 0 bridgehead atoms. The van der Waals surface area contributed by atoms with Crippen LogP contribution in [-0.2, 0) is 11.2 Å². The number of amides is 1. The molecular weight excluding hydrogens is 370 g/mol. The number of carbonyl (C=O) groups excluding carboxylic acids is 1. The number of aromatic nitrogens is 1. The zero-order chi connectivity index (χ0) is 19.1. The quantitative estimate of drug-likeness (QED) is 0.582. The van der Waals surface area contributed by atoms with Gasteiger partial charge in [-0.25, -0.2) is 4.98 Å². The molecule has 0 fully saturated rings. The molecule has 1 aromatic heterocycles. The highest BCUT2D eigenvalue weighted by Gasteiger charge is 2.08. The van der Waals surface area contributed by atoms with Crippen molar-refractivity contribution in [2.45, 2.75) is 13.0 Å². The van der Waals surface area contributed by atoms with Gasteiger partial charge in [0.15, 0.2) is 5.13 Å². The smallest absolute Gasteiger partial charge is 0.387 e. The summed E-state index contributed by atoms with van der Waals surface area (Å²) >= 11 is 1.39. The van der Waals surface area contributed by atoms with Crippen LogP contribution in [0.25, 0.3) is 6.08 Å². The van der Waals surface area contributed by atoms with E-state index in [9.17, 15) is 13.6 Å². The lowest BCUT2D eigenvalue weighted by Crippen LogP contribution is -2.07. The van der Waals surface area contributed by atoms with Gasteiger partial charge in [0.25, 0.3) is 0 Å². The van der Waals surface area contributed by atoms with E-state index in [0.717, 1.165) is 16.9 Å². The molecule has 1 N–H and O–H groups in total. The molecule has 7 heteroatoms. The number of hydrogen-bond donors (Lipinski definition) is 1. The molecule has 0 aliphatic carbocycles. The number of ether oxygens (including phenoxy) is 1. The first kappa shape index (κ1) is 18.7. The molecule has 0 aliphatic rings. The summed E-state index contributed by atoms with van der Waals surface area (Å²) in [6, 6.07) is 16.2. The fourth-order valence-corrected chi connectivity index (χ4v) is 3.23. The van der Waals surface area contributed by atoms with Crippen molar-refractivity contribution in [1.29, 1.82) is 0 Å². The third-order valence-electron chi connectivity index (χ3n) is 3.55. The van der Waals surface area contributed by atoms with Gasteiger partial charge in [0.2, 0.25) is 5.91 Å². The van der Waals surface area contributed by atoms with Gasteiger partial charge >= 0.3 is 6.61 Å². The number of benzene rings is 2. The molecule has 1 heterocycles. The highest BCUT2D eigenvalue weighted by Crippen LogP contribution is 2.23. The summed E-state index contributed by atoms with van der Waals surface area (Å²) in [5, 5.41) is 3.15. The molecule has 0 saturated carbocycles. The summed E-state index contributed by atoms with van der Waals surface area (Å²) in [6.45, 7) is -2.92. The van der Waals surface area contributed by atoms with Crippen molar-refractivity contribution in [3.63, 3.8) is 0 Å². The average Bonchev–Trinajstić information content (AvgIpc) is 3.08. The second-order valence-corrected chi connectivity index (χ2v) is 6.65. The molecule has 3 rings (SSSR count). The predicted molar refractivity (Wildman–Crippen MR) is 102 cm³/mol. The van der Waals surface area contributed by atoms with Crippen LogP contribution in [0.4, 0.5) is 13.9 Å². The van der Waals surface area contributed by atoms with Gasteiger partial charge in [-0.3, -0.25) is 10.1 Å². The van der Waals surface area contributed by atoms with E-state index in [1.165, 1.54) is 29.6 Å². The summed E-state index contributed by atoms with van der Waals surface area (Å²) < 4.78 is 29.3. The largest absolute Gasteiger partial charge is 0.434 e. The van der Waals surface area contributed by atoms with Crippen LogP contribution in [0.2, 0.25) is 0 Å². The highest BCUT2D eigenvalue weighted by molar-refractivity contribution is 7.15. The van der Waals surface area contributed by atoms with Crippen molar-refractivity contribution < 1.29 is 18.3 Å². The van der Waals surface area contributed by atoms with Crippen LogP contribution in [0.1, 0.15) is 16.0 Å². The van der Waals surface area contributed by atoms with E-state index in [4.69, 9.17) is 0 Å². The van der Waals surface area contributed by atoms with E-state index < -0.39 is 12.5 Å². The topological polar surface area (TPSA) is 51.2 Å². The minimum atomic E-state index is -2.92. The summed E-state index contributed by atoms with van der Waals surface area (Å²) in [7, 11) is 0. The number of para-hydroxylation sites is 1. The molecule has 0 unspecified atom stereocenters. The van der Waals surface area contributed by atoms with Crippen LogP contribution < -0.4 is 10.1 Å². The first-order valence-corrected chi connectivity index (χ1v) is 8.93. The molecule has 1 amide bonds. The Morgan fingerprint density at radius 1 is 1.15 bits per heavy atom. The minimum absolute atomic E-state index is 0.0101. The Labute approximate surface area is 159 Å². The van der Waals surface area contributed by atoms with Gasteiger partial charge in [0, 0.05) is 29.1 Å². The Balaban J connectivity index is 1.61. The molecule has 0 aliphatic heterocycles. The summed E-state index contributed by atoms with van der Waals surface area (Å²) in [5.41, 5.74) is 1.55.